The third kappa shape index (κ3) is 3.02. The molecule has 1 saturated heterocycles. The van der Waals surface area contributed by atoms with Crippen LogP contribution in [0.3, 0.4) is 0 Å². The highest BCUT2D eigenvalue weighted by Gasteiger charge is 2.60. The van der Waals surface area contributed by atoms with Crippen molar-refractivity contribution in [2.24, 2.45) is 0 Å². The SMILES string of the molecule is Fc1c(C(F)(F)C(F)(F)F)cc2c(nc(N3CCNCC3)c3ncncc32)c1F. The number of fused-ring (bicyclic) bond motifs is 3. The second-order valence-electron chi connectivity index (χ2n) is 6.48. The zero-order valence-corrected chi connectivity index (χ0v) is 14.5. The number of hydrogen-bond acceptors (Lipinski definition) is 5. The third-order valence-corrected chi connectivity index (χ3v) is 4.72. The van der Waals surface area contributed by atoms with E-state index in [0.29, 0.717) is 26.2 Å². The zero-order valence-electron chi connectivity index (χ0n) is 14.5. The van der Waals surface area contributed by atoms with E-state index in [4.69, 9.17) is 0 Å². The molecule has 5 nitrogen and oxygen atoms in total. The Bertz CT molecular complexity index is 1090. The number of pyridine rings is 1. The van der Waals surface area contributed by atoms with Gasteiger partial charge in [-0.25, -0.2) is 23.7 Å². The van der Waals surface area contributed by atoms with Crippen LogP contribution in [0.1, 0.15) is 5.56 Å². The van der Waals surface area contributed by atoms with Gasteiger partial charge in [0.1, 0.15) is 17.4 Å². The average Bonchev–Trinajstić information content (AvgIpc) is 2.69. The Balaban J connectivity index is 2.06. The molecule has 0 atom stereocenters. The van der Waals surface area contributed by atoms with Gasteiger partial charge in [-0.2, -0.15) is 22.0 Å². The molecule has 1 aliphatic rings. The maximum Gasteiger partial charge on any atom is 0.458 e. The maximum absolute atomic E-state index is 14.6. The summed E-state index contributed by atoms with van der Waals surface area (Å²) in [6.07, 6.45) is -3.81. The second-order valence-corrected chi connectivity index (χ2v) is 6.48. The van der Waals surface area contributed by atoms with Crippen molar-refractivity contribution in [3.8, 4) is 0 Å². The van der Waals surface area contributed by atoms with Crippen LogP contribution in [0.5, 0.6) is 0 Å². The number of nitrogens with one attached hydrogen (secondary N) is 1. The lowest BCUT2D eigenvalue weighted by atomic mass is 10.0. The van der Waals surface area contributed by atoms with E-state index in [2.05, 4.69) is 20.3 Å². The Labute approximate surface area is 158 Å². The summed E-state index contributed by atoms with van der Waals surface area (Å²) in [6, 6.07) is 0.265. The van der Waals surface area contributed by atoms with Crippen LogP contribution >= 0.6 is 0 Å². The molecule has 2 aromatic heterocycles. The summed E-state index contributed by atoms with van der Waals surface area (Å²) >= 11 is 0. The molecule has 12 heteroatoms. The van der Waals surface area contributed by atoms with Crippen LogP contribution in [0.25, 0.3) is 21.8 Å². The molecule has 4 rings (SSSR count). The normalized spacial score (nSPS) is 16.0. The van der Waals surface area contributed by atoms with E-state index >= 15 is 0 Å². The summed E-state index contributed by atoms with van der Waals surface area (Å²) in [7, 11) is 0. The highest BCUT2D eigenvalue weighted by Crippen LogP contribution is 2.46. The third-order valence-electron chi connectivity index (χ3n) is 4.72. The van der Waals surface area contributed by atoms with Crippen molar-refractivity contribution in [2.45, 2.75) is 12.1 Å². The number of anilines is 1. The standard InChI is InChI=1S/C17H12F7N5/c18-11-10(16(20,21)17(22,23)24)5-8-9-6-26-7-27-14(9)15(28-13(8)12(11)19)29-3-1-25-2-4-29/h5-7,25H,1-4H2. The number of benzene rings is 1. The Hall–Kier alpha value is -2.76. The lowest BCUT2D eigenvalue weighted by Crippen LogP contribution is -2.44. The molecule has 154 valence electrons. The van der Waals surface area contributed by atoms with Crippen molar-refractivity contribution in [3.05, 3.63) is 35.8 Å². The van der Waals surface area contributed by atoms with Gasteiger partial charge in [-0.05, 0) is 6.07 Å². The van der Waals surface area contributed by atoms with Crippen LogP contribution in [0.15, 0.2) is 18.6 Å². The minimum absolute atomic E-state index is 0.0100. The van der Waals surface area contributed by atoms with Gasteiger partial charge in [0, 0.05) is 43.1 Å². The summed E-state index contributed by atoms with van der Waals surface area (Å²) in [5.41, 5.74) is -2.64. The van der Waals surface area contributed by atoms with Gasteiger partial charge in [0.05, 0.1) is 5.56 Å². The molecule has 0 bridgehead atoms. The molecule has 0 aliphatic carbocycles. The van der Waals surface area contributed by atoms with Crippen molar-refractivity contribution >= 4 is 27.6 Å². The lowest BCUT2D eigenvalue weighted by Gasteiger charge is -2.29. The van der Waals surface area contributed by atoms with E-state index < -0.39 is 40.2 Å². The van der Waals surface area contributed by atoms with Crippen molar-refractivity contribution in [1.82, 2.24) is 20.3 Å². The van der Waals surface area contributed by atoms with Gasteiger partial charge in [0.15, 0.2) is 17.5 Å². The van der Waals surface area contributed by atoms with Crippen LogP contribution in [-0.4, -0.2) is 47.3 Å². The van der Waals surface area contributed by atoms with Gasteiger partial charge < -0.3 is 10.2 Å². The van der Waals surface area contributed by atoms with Gasteiger partial charge in [-0.1, -0.05) is 0 Å². The van der Waals surface area contributed by atoms with Crippen LogP contribution in [-0.2, 0) is 5.92 Å². The van der Waals surface area contributed by atoms with Crippen molar-refractivity contribution in [3.63, 3.8) is 0 Å². The summed E-state index contributed by atoms with van der Waals surface area (Å²) in [5, 5.41) is 2.66. The Morgan fingerprint density at radius 3 is 2.28 bits per heavy atom. The molecule has 1 aromatic carbocycles. The molecular formula is C17H12F7N5. The van der Waals surface area contributed by atoms with E-state index in [9.17, 15) is 30.7 Å². The minimum Gasteiger partial charge on any atom is -0.352 e. The molecule has 0 spiro atoms. The van der Waals surface area contributed by atoms with Gasteiger partial charge in [0.25, 0.3) is 0 Å². The summed E-state index contributed by atoms with van der Waals surface area (Å²) < 4.78 is 94.8. The van der Waals surface area contributed by atoms with Gasteiger partial charge in [-0.3, -0.25) is 0 Å². The van der Waals surface area contributed by atoms with E-state index in [1.165, 1.54) is 0 Å². The van der Waals surface area contributed by atoms with Gasteiger partial charge >= 0.3 is 12.1 Å². The van der Waals surface area contributed by atoms with Crippen LogP contribution in [0.4, 0.5) is 36.6 Å². The fourth-order valence-electron chi connectivity index (χ4n) is 3.27. The summed E-state index contributed by atoms with van der Waals surface area (Å²) in [6.45, 7) is 2.09. The van der Waals surface area contributed by atoms with E-state index in [1.54, 1.807) is 4.90 Å². The number of nitrogens with zero attached hydrogens (tertiary/aromatic N) is 4. The molecule has 3 heterocycles. The molecule has 0 unspecified atom stereocenters. The first-order chi connectivity index (χ1) is 13.6. The minimum atomic E-state index is -6.10. The fourth-order valence-corrected chi connectivity index (χ4v) is 3.27. The topological polar surface area (TPSA) is 53.9 Å². The summed E-state index contributed by atoms with van der Waals surface area (Å²) in [5.74, 6) is -9.60. The van der Waals surface area contributed by atoms with Gasteiger partial charge in [0.2, 0.25) is 0 Å². The predicted octanol–water partition coefficient (Wildman–Crippen LogP) is 3.52. The van der Waals surface area contributed by atoms with Crippen LogP contribution in [0, 0.1) is 11.6 Å². The molecule has 0 amide bonds. The molecule has 3 aromatic rings. The largest absolute Gasteiger partial charge is 0.458 e. The number of halogens is 7. The first-order valence-corrected chi connectivity index (χ1v) is 8.45. The predicted molar refractivity (Wildman–Crippen MR) is 89.8 cm³/mol. The number of aromatic nitrogens is 3. The maximum atomic E-state index is 14.6. The second kappa shape index (κ2) is 6.65. The Morgan fingerprint density at radius 2 is 1.62 bits per heavy atom. The fraction of sp³-hybridized carbons (Fsp3) is 0.353. The molecule has 0 radical (unpaired) electrons. The van der Waals surface area contributed by atoms with Crippen molar-refractivity contribution in [1.29, 1.82) is 0 Å². The van der Waals surface area contributed by atoms with Crippen molar-refractivity contribution < 1.29 is 30.7 Å². The van der Waals surface area contributed by atoms with Crippen molar-refractivity contribution in [2.75, 3.05) is 31.1 Å². The van der Waals surface area contributed by atoms with E-state index in [1.807, 2.05) is 0 Å². The molecular weight excluding hydrogens is 407 g/mol. The molecule has 29 heavy (non-hydrogen) atoms. The monoisotopic (exact) mass is 419 g/mol. The highest BCUT2D eigenvalue weighted by atomic mass is 19.4. The quantitative estimate of drug-likeness (QED) is 0.509. The lowest BCUT2D eigenvalue weighted by molar-refractivity contribution is -0.290. The van der Waals surface area contributed by atoms with E-state index in [-0.39, 0.29) is 22.8 Å². The Kier molecular flexibility index (Phi) is 4.48. The summed E-state index contributed by atoms with van der Waals surface area (Å²) in [4.78, 5) is 13.6. The molecule has 1 N–H and O–H groups in total. The molecule has 0 saturated carbocycles. The number of rotatable bonds is 2. The highest BCUT2D eigenvalue weighted by molar-refractivity contribution is 6.08. The first kappa shape index (κ1) is 19.6. The van der Waals surface area contributed by atoms with Gasteiger partial charge in [-0.15, -0.1) is 0 Å². The first-order valence-electron chi connectivity index (χ1n) is 8.45. The van der Waals surface area contributed by atoms with Crippen LogP contribution in [0.2, 0.25) is 0 Å². The number of piperazine rings is 1. The Morgan fingerprint density at radius 1 is 0.931 bits per heavy atom. The molecule has 1 fully saturated rings. The number of hydrogen-bond donors (Lipinski definition) is 1. The molecule has 1 aliphatic heterocycles. The zero-order chi connectivity index (χ0) is 21.0. The smallest absolute Gasteiger partial charge is 0.352 e. The van der Waals surface area contributed by atoms with Crippen LogP contribution < -0.4 is 10.2 Å². The van der Waals surface area contributed by atoms with E-state index in [0.717, 1.165) is 12.5 Å². The number of alkyl halides is 5. The average molecular weight is 419 g/mol.